The van der Waals surface area contributed by atoms with Crippen molar-refractivity contribution >= 4 is 5.65 Å². The van der Waals surface area contributed by atoms with Gasteiger partial charge >= 0.3 is 0 Å². The van der Waals surface area contributed by atoms with Gasteiger partial charge in [0.2, 0.25) is 0 Å². The van der Waals surface area contributed by atoms with E-state index in [4.69, 9.17) is 5.11 Å². The molecule has 0 saturated carbocycles. The second kappa shape index (κ2) is 4.44. The van der Waals surface area contributed by atoms with Crippen LogP contribution in [0.5, 0.6) is 0 Å². The Hall–Kier alpha value is -2.27. The van der Waals surface area contributed by atoms with Gasteiger partial charge in [-0.2, -0.15) is 0 Å². The number of benzene rings is 1. The number of fused-ring (bicyclic) bond motifs is 1. The molecule has 0 bridgehead atoms. The van der Waals surface area contributed by atoms with Crippen molar-refractivity contribution < 1.29 is 13.9 Å². The molecule has 0 atom stereocenters. The smallest absolute Gasteiger partial charge is 0.159 e. The summed E-state index contributed by atoms with van der Waals surface area (Å²) in [4.78, 5) is 4.33. The van der Waals surface area contributed by atoms with E-state index in [9.17, 15) is 8.78 Å². The van der Waals surface area contributed by atoms with E-state index in [2.05, 4.69) is 4.98 Å². The topological polar surface area (TPSA) is 37.5 Å². The van der Waals surface area contributed by atoms with Gasteiger partial charge in [0.05, 0.1) is 12.3 Å². The molecule has 0 unspecified atom stereocenters. The SMILES string of the molecule is OCc1ccn2cc(-c3ccc(F)c(F)c3)nc2c1. The van der Waals surface area contributed by atoms with Gasteiger partial charge in [-0.05, 0) is 35.9 Å². The van der Waals surface area contributed by atoms with Gasteiger partial charge in [0, 0.05) is 18.0 Å². The lowest BCUT2D eigenvalue weighted by molar-refractivity contribution is 0.282. The van der Waals surface area contributed by atoms with Crippen molar-refractivity contribution in [2.45, 2.75) is 6.61 Å². The van der Waals surface area contributed by atoms with E-state index < -0.39 is 11.6 Å². The minimum atomic E-state index is -0.898. The highest BCUT2D eigenvalue weighted by molar-refractivity contribution is 5.62. The van der Waals surface area contributed by atoms with E-state index in [0.29, 0.717) is 16.9 Å². The Kier molecular flexibility index (Phi) is 2.76. The van der Waals surface area contributed by atoms with Crippen molar-refractivity contribution in [2.24, 2.45) is 0 Å². The number of aliphatic hydroxyl groups is 1. The zero-order chi connectivity index (χ0) is 13.4. The molecule has 3 rings (SSSR count). The molecule has 19 heavy (non-hydrogen) atoms. The highest BCUT2D eigenvalue weighted by Gasteiger charge is 2.08. The summed E-state index contributed by atoms with van der Waals surface area (Å²) >= 11 is 0. The van der Waals surface area contributed by atoms with Crippen LogP contribution in [-0.2, 0) is 6.61 Å². The van der Waals surface area contributed by atoms with Crippen LogP contribution >= 0.6 is 0 Å². The average molecular weight is 260 g/mol. The molecule has 0 spiro atoms. The molecule has 0 aliphatic heterocycles. The van der Waals surface area contributed by atoms with Crippen molar-refractivity contribution in [1.82, 2.24) is 9.38 Å². The molecular formula is C14H10F2N2O. The summed E-state index contributed by atoms with van der Waals surface area (Å²) in [6.45, 7) is -0.0656. The number of imidazole rings is 1. The van der Waals surface area contributed by atoms with Crippen LogP contribution in [0.4, 0.5) is 8.78 Å². The monoisotopic (exact) mass is 260 g/mol. The maximum Gasteiger partial charge on any atom is 0.159 e. The molecular weight excluding hydrogens is 250 g/mol. The first kappa shape index (κ1) is 11.8. The average Bonchev–Trinajstić information content (AvgIpc) is 2.84. The zero-order valence-corrected chi connectivity index (χ0v) is 9.85. The van der Waals surface area contributed by atoms with Gasteiger partial charge in [-0.3, -0.25) is 0 Å². The molecule has 1 aromatic carbocycles. The second-order valence-corrected chi connectivity index (χ2v) is 4.21. The number of aliphatic hydroxyl groups excluding tert-OH is 1. The predicted octanol–water partition coefficient (Wildman–Crippen LogP) is 2.77. The summed E-state index contributed by atoms with van der Waals surface area (Å²) in [5, 5.41) is 9.06. The summed E-state index contributed by atoms with van der Waals surface area (Å²) in [5.74, 6) is -1.78. The number of rotatable bonds is 2. The molecule has 0 amide bonds. The number of halogens is 2. The molecule has 0 radical (unpaired) electrons. The molecule has 3 aromatic rings. The summed E-state index contributed by atoms with van der Waals surface area (Å²) in [7, 11) is 0. The highest BCUT2D eigenvalue weighted by Crippen LogP contribution is 2.21. The molecule has 5 heteroatoms. The third-order valence-electron chi connectivity index (χ3n) is 2.92. The quantitative estimate of drug-likeness (QED) is 0.769. The Morgan fingerprint density at radius 1 is 1.11 bits per heavy atom. The van der Waals surface area contributed by atoms with Crippen LogP contribution in [0.15, 0.2) is 42.7 Å². The number of pyridine rings is 1. The minimum absolute atomic E-state index is 0.0656. The van der Waals surface area contributed by atoms with Crippen molar-refractivity contribution in [2.75, 3.05) is 0 Å². The third-order valence-corrected chi connectivity index (χ3v) is 2.92. The van der Waals surface area contributed by atoms with Crippen molar-refractivity contribution in [3.63, 3.8) is 0 Å². The Labute approximate surface area is 107 Å². The molecule has 96 valence electrons. The number of hydrogen-bond donors (Lipinski definition) is 1. The normalized spacial score (nSPS) is 11.1. The first-order valence-electron chi connectivity index (χ1n) is 5.71. The fourth-order valence-electron chi connectivity index (χ4n) is 1.92. The standard InChI is InChI=1S/C14H10F2N2O/c15-11-2-1-10(6-12(11)16)13-7-18-4-3-9(8-19)5-14(18)17-13/h1-7,19H,8H2. The van der Waals surface area contributed by atoms with E-state index in [1.54, 1.807) is 28.9 Å². The number of aromatic nitrogens is 2. The Bertz CT molecular complexity index is 752. The number of nitrogens with zero attached hydrogens (tertiary/aromatic N) is 2. The molecule has 2 aromatic heterocycles. The van der Waals surface area contributed by atoms with Gasteiger partial charge in [0.15, 0.2) is 11.6 Å². The van der Waals surface area contributed by atoms with Crippen molar-refractivity contribution in [3.8, 4) is 11.3 Å². The Morgan fingerprint density at radius 3 is 2.68 bits per heavy atom. The van der Waals surface area contributed by atoms with E-state index in [-0.39, 0.29) is 6.61 Å². The van der Waals surface area contributed by atoms with Crippen LogP contribution < -0.4 is 0 Å². The lowest BCUT2D eigenvalue weighted by Gasteiger charge is -1.96. The maximum absolute atomic E-state index is 13.2. The highest BCUT2D eigenvalue weighted by atomic mass is 19.2. The first-order valence-corrected chi connectivity index (χ1v) is 5.71. The van der Waals surface area contributed by atoms with Gasteiger partial charge in [0.1, 0.15) is 5.65 Å². The second-order valence-electron chi connectivity index (χ2n) is 4.21. The van der Waals surface area contributed by atoms with Crippen molar-refractivity contribution in [1.29, 1.82) is 0 Å². The third kappa shape index (κ3) is 2.08. The van der Waals surface area contributed by atoms with E-state index in [0.717, 1.165) is 17.7 Å². The summed E-state index contributed by atoms with van der Waals surface area (Å²) in [5.41, 5.74) is 2.45. The van der Waals surface area contributed by atoms with Crippen molar-refractivity contribution in [3.05, 3.63) is 59.9 Å². The molecule has 0 aliphatic rings. The van der Waals surface area contributed by atoms with Crippen LogP contribution in [-0.4, -0.2) is 14.5 Å². The zero-order valence-electron chi connectivity index (χ0n) is 9.85. The van der Waals surface area contributed by atoms with E-state index >= 15 is 0 Å². The molecule has 1 N–H and O–H groups in total. The van der Waals surface area contributed by atoms with E-state index in [1.807, 2.05) is 0 Å². The lowest BCUT2D eigenvalue weighted by atomic mass is 10.1. The van der Waals surface area contributed by atoms with Crippen LogP contribution in [0.25, 0.3) is 16.9 Å². The molecule has 2 heterocycles. The summed E-state index contributed by atoms with van der Waals surface area (Å²) in [6.07, 6.45) is 3.49. The molecule has 0 aliphatic carbocycles. The van der Waals surface area contributed by atoms with Gasteiger partial charge in [-0.1, -0.05) is 0 Å². The number of hydrogen-bond acceptors (Lipinski definition) is 2. The van der Waals surface area contributed by atoms with Gasteiger partial charge in [-0.15, -0.1) is 0 Å². The van der Waals surface area contributed by atoms with E-state index in [1.165, 1.54) is 6.07 Å². The Balaban J connectivity index is 2.11. The fraction of sp³-hybridized carbons (Fsp3) is 0.0714. The fourth-order valence-corrected chi connectivity index (χ4v) is 1.92. The largest absolute Gasteiger partial charge is 0.392 e. The van der Waals surface area contributed by atoms with Crippen LogP contribution in [0, 0.1) is 11.6 Å². The molecule has 0 saturated heterocycles. The maximum atomic E-state index is 13.2. The van der Waals surface area contributed by atoms with Crippen LogP contribution in [0.2, 0.25) is 0 Å². The van der Waals surface area contributed by atoms with Gasteiger partial charge in [-0.25, -0.2) is 13.8 Å². The van der Waals surface area contributed by atoms with Gasteiger partial charge < -0.3 is 9.51 Å². The van der Waals surface area contributed by atoms with Gasteiger partial charge in [0.25, 0.3) is 0 Å². The van der Waals surface area contributed by atoms with Crippen LogP contribution in [0.3, 0.4) is 0 Å². The summed E-state index contributed by atoms with van der Waals surface area (Å²) in [6, 6.07) is 7.18. The minimum Gasteiger partial charge on any atom is -0.392 e. The predicted molar refractivity (Wildman–Crippen MR) is 66.5 cm³/mol. The molecule has 3 nitrogen and oxygen atoms in total. The first-order chi connectivity index (χ1) is 9.17. The summed E-state index contributed by atoms with van der Waals surface area (Å²) < 4.78 is 27.8. The van der Waals surface area contributed by atoms with Crippen LogP contribution in [0.1, 0.15) is 5.56 Å². The lowest BCUT2D eigenvalue weighted by Crippen LogP contribution is -1.87. The molecule has 0 fully saturated rings. The Morgan fingerprint density at radius 2 is 1.95 bits per heavy atom.